The SMILES string of the molecule is CC1(C)c2ccccc2-c2cc(-c3c4ccccc4c(-c4cc(-c5ccccc5)cc5oc6ccccc6c45)c4ccccc34)ccc21. The summed E-state index contributed by atoms with van der Waals surface area (Å²) in [5.74, 6) is 0. The van der Waals surface area contributed by atoms with Gasteiger partial charge in [-0.25, -0.2) is 0 Å². The number of hydrogen-bond donors (Lipinski definition) is 0. The highest BCUT2D eigenvalue weighted by Crippen LogP contribution is 2.52. The molecule has 0 aliphatic heterocycles. The molecular weight excluding hydrogens is 581 g/mol. The zero-order chi connectivity index (χ0) is 32.0. The van der Waals surface area contributed by atoms with E-state index in [2.05, 4.69) is 172 Å². The van der Waals surface area contributed by atoms with Crippen LogP contribution in [0.1, 0.15) is 25.0 Å². The standard InChI is InChI=1S/C47H32O/c1-47(2)40-22-12-10-16-32(40)38-26-30(24-25-41(38)47)44-33-17-6-8-19-35(33)45(36-20-9-7-18-34(36)44)39-27-31(29-14-4-3-5-15-29)28-43-46(39)37-21-11-13-23-42(37)48-43/h3-28H,1-2H3. The molecule has 0 atom stereocenters. The summed E-state index contributed by atoms with van der Waals surface area (Å²) >= 11 is 0. The van der Waals surface area contributed by atoms with Gasteiger partial charge in [-0.2, -0.15) is 0 Å². The summed E-state index contributed by atoms with van der Waals surface area (Å²) in [7, 11) is 0. The van der Waals surface area contributed by atoms with Crippen molar-refractivity contribution in [3.63, 3.8) is 0 Å². The van der Waals surface area contributed by atoms with Crippen molar-refractivity contribution in [2.75, 3.05) is 0 Å². The van der Waals surface area contributed by atoms with Crippen LogP contribution in [0.3, 0.4) is 0 Å². The number of para-hydroxylation sites is 1. The molecule has 1 aliphatic rings. The summed E-state index contributed by atoms with van der Waals surface area (Å²) in [4.78, 5) is 0. The lowest BCUT2D eigenvalue weighted by atomic mass is 9.81. The lowest BCUT2D eigenvalue weighted by Crippen LogP contribution is -2.14. The zero-order valence-electron chi connectivity index (χ0n) is 26.9. The van der Waals surface area contributed by atoms with Crippen molar-refractivity contribution < 1.29 is 4.42 Å². The summed E-state index contributed by atoms with van der Waals surface area (Å²) in [6.45, 7) is 4.70. The van der Waals surface area contributed by atoms with Crippen LogP contribution >= 0.6 is 0 Å². The second kappa shape index (κ2) is 10.0. The average molecular weight is 613 g/mol. The van der Waals surface area contributed by atoms with Crippen LogP contribution in [-0.4, -0.2) is 0 Å². The number of fused-ring (bicyclic) bond motifs is 8. The van der Waals surface area contributed by atoms with Gasteiger partial charge in [0, 0.05) is 16.2 Å². The Morgan fingerprint density at radius 3 is 1.67 bits per heavy atom. The van der Waals surface area contributed by atoms with Gasteiger partial charge < -0.3 is 4.42 Å². The highest BCUT2D eigenvalue weighted by Gasteiger charge is 2.35. The summed E-state index contributed by atoms with van der Waals surface area (Å²) in [5, 5.41) is 7.28. The Labute approximate surface area is 279 Å². The molecule has 1 aromatic heterocycles. The van der Waals surface area contributed by atoms with Gasteiger partial charge in [-0.05, 0) is 101 Å². The fourth-order valence-electron chi connectivity index (χ4n) is 8.45. The fourth-order valence-corrected chi connectivity index (χ4v) is 8.45. The smallest absolute Gasteiger partial charge is 0.136 e. The molecule has 1 aliphatic carbocycles. The third-order valence-corrected chi connectivity index (χ3v) is 10.7. The lowest BCUT2D eigenvalue weighted by molar-refractivity contribution is 0.660. The molecule has 0 saturated carbocycles. The van der Waals surface area contributed by atoms with Gasteiger partial charge in [0.05, 0.1) is 0 Å². The van der Waals surface area contributed by atoms with Crippen LogP contribution in [0.5, 0.6) is 0 Å². The summed E-state index contributed by atoms with van der Waals surface area (Å²) < 4.78 is 6.58. The van der Waals surface area contributed by atoms with E-state index in [1.165, 1.54) is 71.6 Å². The first kappa shape index (κ1) is 27.2. The molecule has 9 aromatic rings. The van der Waals surface area contributed by atoms with Crippen LogP contribution in [0, 0.1) is 0 Å². The highest BCUT2D eigenvalue weighted by atomic mass is 16.3. The third-order valence-electron chi connectivity index (χ3n) is 10.7. The quantitative estimate of drug-likeness (QED) is 0.181. The van der Waals surface area contributed by atoms with E-state index in [0.717, 1.165) is 27.5 Å². The Kier molecular flexibility index (Phi) is 5.69. The van der Waals surface area contributed by atoms with Crippen molar-refractivity contribution in [2.24, 2.45) is 0 Å². The van der Waals surface area contributed by atoms with Crippen molar-refractivity contribution in [2.45, 2.75) is 19.3 Å². The van der Waals surface area contributed by atoms with E-state index >= 15 is 0 Å². The minimum Gasteiger partial charge on any atom is -0.456 e. The van der Waals surface area contributed by atoms with E-state index in [4.69, 9.17) is 4.42 Å². The van der Waals surface area contributed by atoms with Crippen LogP contribution in [0.2, 0.25) is 0 Å². The first-order valence-corrected chi connectivity index (χ1v) is 16.8. The monoisotopic (exact) mass is 612 g/mol. The van der Waals surface area contributed by atoms with Crippen LogP contribution in [0.15, 0.2) is 162 Å². The van der Waals surface area contributed by atoms with Crippen LogP contribution in [0.4, 0.5) is 0 Å². The molecule has 0 amide bonds. The molecule has 1 nitrogen and oxygen atoms in total. The van der Waals surface area contributed by atoms with E-state index in [1.54, 1.807) is 0 Å². The molecule has 0 N–H and O–H groups in total. The average Bonchev–Trinajstić information content (AvgIpc) is 3.62. The maximum atomic E-state index is 6.58. The Balaban J connectivity index is 1.32. The van der Waals surface area contributed by atoms with Gasteiger partial charge in [0.15, 0.2) is 0 Å². The topological polar surface area (TPSA) is 13.1 Å². The van der Waals surface area contributed by atoms with E-state index in [0.29, 0.717) is 0 Å². The van der Waals surface area contributed by atoms with Crippen molar-refractivity contribution in [1.82, 2.24) is 0 Å². The minimum atomic E-state index is -0.0268. The number of hydrogen-bond acceptors (Lipinski definition) is 1. The molecule has 1 heteroatoms. The Hall–Kier alpha value is -5.92. The largest absolute Gasteiger partial charge is 0.456 e. The van der Waals surface area contributed by atoms with Crippen LogP contribution in [-0.2, 0) is 5.41 Å². The lowest BCUT2D eigenvalue weighted by Gasteiger charge is -2.22. The maximum Gasteiger partial charge on any atom is 0.136 e. The second-order valence-corrected chi connectivity index (χ2v) is 13.6. The molecule has 0 unspecified atom stereocenters. The Morgan fingerprint density at radius 1 is 0.375 bits per heavy atom. The first-order chi connectivity index (χ1) is 23.6. The molecule has 0 bridgehead atoms. The third kappa shape index (κ3) is 3.79. The van der Waals surface area contributed by atoms with E-state index in [9.17, 15) is 0 Å². The first-order valence-electron chi connectivity index (χ1n) is 16.8. The second-order valence-electron chi connectivity index (χ2n) is 13.6. The number of rotatable bonds is 3. The van der Waals surface area contributed by atoms with Gasteiger partial charge in [0.1, 0.15) is 11.2 Å². The molecule has 0 saturated heterocycles. The molecule has 8 aromatic carbocycles. The van der Waals surface area contributed by atoms with Crippen molar-refractivity contribution >= 4 is 43.5 Å². The van der Waals surface area contributed by atoms with Crippen molar-refractivity contribution in [1.29, 1.82) is 0 Å². The normalized spacial score (nSPS) is 13.4. The molecule has 0 radical (unpaired) electrons. The highest BCUT2D eigenvalue weighted by molar-refractivity contribution is 6.26. The predicted octanol–water partition coefficient (Wildman–Crippen LogP) is 13.2. The van der Waals surface area contributed by atoms with Crippen LogP contribution < -0.4 is 0 Å². The van der Waals surface area contributed by atoms with Crippen molar-refractivity contribution in [3.8, 4) is 44.5 Å². The molecule has 0 fully saturated rings. The number of benzene rings is 8. The van der Waals surface area contributed by atoms with Crippen molar-refractivity contribution in [3.05, 3.63) is 169 Å². The van der Waals surface area contributed by atoms with E-state index in [1.807, 2.05) is 0 Å². The number of furan rings is 1. The van der Waals surface area contributed by atoms with Gasteiger partial charge >= 0.3 is 0 Å². The molecule has 1 heterocycles. The summed E-state index contributed by atoms with van der Waals surface area (Å²) in [6, 6.07) is 57.6. The van der Waals surface area contributed by atoms with E-state index in [-0.39, 0.29) is 5.41 Å². The van der Waals surface area contributed by atoms with Gasteiger partial charge in [-0.15, -0.1) is 0 Å². The fraction of sp³-hybridized carbons (Fsp3) is 0.0638. The molecular formula is C47H32O. The minimum absolute atomic E-state index is 0.0268. The van der Waals surface area contributed by atoms with Crippen LogP contribution in [0.25, 0.3) is 88.0 Å². The van der Waals surface area contributed by atoms with Gasteiger partial charge in [-0.1, -0.05) is 147 Å². The van der Waals surface area contributed by atoms with Gasteiger partial charge in [0.2, 0.25) is 0 Å². The molecule has 0 spiro atoms. The molecule has 48 heavy (non-hydrogen) atoms. The zero-order valence-corrected chi connectivity index (χ0v) is 26.9. The van der Waals surface area contributed by atoms with Gasteiger partial charge in [-0.3, -0.25) is 0 Å². The Morgan fingerprint density at radius 2 is 0.938 bits per heavy atom. The van der Waals surface area contributed by atoms with Gasteiger partial charge in [0.25, 0.3) is 0 Å². The molecule has 10 rings (SSSR count). The maximum absolute atomic E-state index is 6.58. The summed E-state index contributed by atoms with van der Waals surface area (Å²) in [6.07, 6.45) is 0. The summed E-state index contributed by atoms with van der Waals surface area (Å²) in [5.41, 5.74) is 14.6. The predicted molar refractivity (Wildman–Crippen MR) is 203 cm³/mol. The Bertz CT molecular complexity index is 2690. The molecule has 226 valence electrons. The van der Waals surface area contributed by atoms with E-state index < -0.39 is 0 Å².